The van der Waals surface area contributed by atoms with Crippen LogP contribution in [0.3, 0.4) is 0 Å². The van der Waals surface area contributed by atoms with Crippen LogP contribution in [0.5, 0.6) is 0 Å². The van der Waals surface area contributed by atoms with Crippen LogP contribution in [-0.2, 0) is 43.5 Å². The number of hydrogen-bond acceptors (Lipinski definition) is 6. The molecule has 6 rings (SSSR count). The molecule has 1 spiro atoms. The quantitative estimate of drug-likeness (QED) is 0.461. The van der Waals surface area contributed by atoms with Gasteiger partial charge in [-0.05, 0) is 16.7 Å². The van der Waals surface area contributed by atoms with Crippen LogP contribution < -0.4 is 0 Å². The number of hydroxylamine groups is 2. The van der Waals surface area contributed by atoms with E-state index in [1.54, 1.807) is 0 Å². The summed E-state index contributed by atoms with van der Waals surface area (Å²) in [5.74, 6) is 0.163. The molecule has 3 aliphatic rings. The van der Waals surface area contributed by atoms with Crippen molar-refractivity contribution in [1.82, 2.24) is 5.06 Å². The third-order valence-corrected chi connectivity index (χ3v) is 7.27. The summed E-state index contributed by atoms with van der Waals surface area (Å²) >= 11 is 0. The second kappa shape index (κ2) is 10.2. The van der Waals surface area contributed by atoms with Gasteiger partial charge in [-0.1, -0.05) is 91.0 Å². The molecule has 6 nitrogen and oxygen atoms in total. The highest BCUT2D eigenvalue weighted by Crippen LogP contribution is 2.52. The largest absolute Gasteiger partial charge is 0.374 e. The highest BCUT2D eigenvalue weighted by atomic mass is 16.8. The van der Waals surface area contributed by atoms with Gasteiger partial charge < -0.3 is 18.9 Å². The first-order valence-corrected chi connectivity index (χ1v) is 12.3. The van der Waals surface area contributed by atoms with Gasteiger partial charge in [0.25, 0.3) is 0 Å². The summed E-state index contributed by atoms with van der Waals surface area (Å²) < 4.78 is 25.5. The predicted molar refractivity (Wildman–Crippen MR) is 130 cm³/mol. The van der Waals surface area contributed by atoms with E-state index >= 15 is 0 Å². The number of rotatable bonds is 9. The lowest BCUT2D eigenvalue weighted by atomic mass is 9.81. The molecule has 0 radical (unpaired) electrons. The van der Waals surface area contributed by atoms with Crippen LogP contribution >= 0.6 is 0 Å². The number of ether oxygens (including phenoxy) is 4. The lowest BCUT2D eigenvalue weighted by molar-refractivity contribution is -0.232. The van der Waals surface area contributed by atoms with Crippen LogP contribution in [0.1, 0.15) is 16.7 Å². The zero-order valence-corrected chi connectivity index (χ0v) is 19.7. The highest BCUT2D eigenvalue weighted by Gasteiger charge is 2.71. The van der Waals surface area contributed by atoms with Crippen LogP contribution in [0.2, 0.25) is 0 Å². The molecule has 3 aromatic carbocycles. The van der Waals surface area contributed by atoms with Crippen molar-refractivity contribution in [1.29, 1.82) is 0 Å². The van der Waals surface area contributed by atoms with Gasteiger partial charge >= 0.3 is 0 Å². The molecule has 3 heterocycles. The van der Waals surface area contributed by atoms with Crippen molar-refractivity contribution in [2.24, 2.45) is 5.92 Å². The van der Waals surface area contributed by atoms with Crippen LogP contribution in [0, 0.1) is 5.92 Å². The summed E-state index contributed by atoms with van der Waals surface area (Å²) in [6, 6.07) is 30.8. The Labute approximate surface area is 206 Å². The molecule has 0 bridgehead atoms. The number of benzene rings is 3. The van der Waals surface area contributed by atoms with E-state index in [0.717, 1.165) is 11.1 Å². The molecule has 0 amide bonds. The van der Waals surface area contributed by atoms with Crippen LogP contribution in [0.25, 0.3) is 0 Å². The van der Waals surface area contributed by atoms with E-state index in [4.69, 9.17) is 23.8 Å². The second-order valence-electron chi connectivity index (χ2n) is 9.46. The van der Waals surface area contributed by atoms with E-state index in [1.807, 2.05) is 42.5 Å². The van der Waals surface area contributed by atoms with Gasteiger partial charge in [0.15, 0.2) is 6.29 Å². The minimum Gasteiger partial charge on any atom is -0.374 e. The van der Waals surface area contributed by atoms with Crippen molar-refractivity contribution < 1.29 is 23.8 Å². The van der Waals surface area contributed by atoms with Crippen molar-refractivity contribution in [3.63, 3.8) is 0 Å². The molecule has 3 aliphatic heterocycles. The van der Waals surface area contributed by atoms with Gasteiger partial charge in [0.1, 0.15) is 17.7 Å². The zero-order valence-electron chi connectivity index (χ0n) is 19.7. The predicted octanol–water partition coefficient (Wildman–Crippen LogP) is 4.35. The summed E-state index contributed by atoms with van der Waals surface area (Å²) in [5, 5.41) is 2.07. The summed E-state index contributed by atoms with van der Waals surface area (Å²) in [7, 11) is 0. The Morgan fingerprint density at radius 2 is 1.40 bits per heavy atom. The lowest BCUT2D eigenvalue weighted by Gasteiger charge is -2.39. The summed E-state index contributed by atoms with van der Waals surface area (Å²) in [4.78, 5) is 6.29. The fourth-order valence-electron chi connectivity index (χ4n) is 5.57. The standard InChI is InChI=1S/C29H31NO5/c1-4-10-22(11-5-1)16-30-29-25(20-34-30)19-33-28(29)35-26(21-31-17-23-12-6-2-7-13-23)27(29)32-18-24-14-8-3-9-15-24/h1-15,25-28H,16-21H2/t25-,26+,27-,28+,29+/m0/s1. The molecule has 0 unspecified atom stereocenters. The molecule has 6 heteroatoms. The maximum atomic E-state index is 6.68. The Hall–Kier alpha value is -2.58. The summed E-state index contributed by atoms with van der Waals surface area (Å²) in [6.45, 7) is 3.27. The van der Waals surface area contributed by atoms with Gasteiger partial charge in [0, 0.05) is 5.92 Å². The smallest absolute Gasteiger partial charge is 0.181 e. The van der Waals surface area contributed by atoms with Crippen molar-refractivity contribution in [2.75, 3.05) is 19.8 Å². The minimum absolute atomic E-state index is 0.163. The lowest BCUT2D eigenvalue weighted by Crippen LogP contribution is -2.59. The van der Waals surface area contributed by atoms with Crippen molar-refractivity contribution in [2.45, 2.75) is 43.8 Å². The van der Waals surface area contributed by atoms with E-state index in [9.17, 15) is 0 Å². The fraction of sp³-hybridized carbons (Fsp3) is 0.379. The zero-order chi connectivity index (χ0) is 23.5. The Morgan fingerprint density at radius 3 is 2.09 bits per heavy atom. The fourth-order valence-corrected chi connectivity index (χ4v) is 5.57. The normalized spacial score (nSPS) is 29.8. The number of nitrogens with zero attached hydrogens (tertiary/aromatic N) is 1. The van der Waals surface area contributed by atoms with Crippen molar-refractivity contribution in [3.8, 4) is 0 Å². The molecule has 0 N–H and O–H groups in total. The Balaban J connectivity index is 1.25. The van der Waals surface area contributed by atoms with E-state index < -0.39 is 11.8 Å². The molecule has 35 heavy (non-hydrogen) atoms. The Bertz CT molecular complexity index is 1080. The van der Waals surface area contributed by atoms with Crippen molar-refractivity contribution in [3.05, 3.63) is 108 Å². The van der Waals surface area contributed by atoms with Crippen molar-refractivity contribution >= 4 is 0 Å². The minimum atomic E-state index is -0.522. The molecule has 0 saturated carbocycles. The maximum absolute atomic E-state index is 6.68. The summed E-state index contributed by atoms with van der Waals surface area (Å²) in [6.07, 6.45) is -0.956. The summed E-state index contributed by atoms with van der Waals surface area (Å²) in [5.41, 5.74) is 2.92. The Kier molecular flexibility index (Phi) is 6.65. The van der Waals surface area contributed by atoms with Gasteiger partial charge in [-0.15, -0.1) is 0 Å². The molecular weight excluding hydrogens is 442 g/mol. The monoisotopic (exact) mass is 473 g/mol. The van der Waals surface area contributed by atoms with E-state index in [2.05, 4.69) is 53.6 Å². The molecule has 0 aromatic heterocycles. The molecule has 3 aromatic rings. The second-order valence-corrected chi connectivity index (χ2v) is 9.46. The van der Waals surface area contributed by atoms with Gasteiger partial charge in [-0.25, -0.2) is 0 Å². The van der Waals surface area contributed by atoms with Gasteiger partial charge in [-0.2, -0.15) is 5.06 Å². The third kappa shape index (κ3) is 4.42. The van der Waals surface area contributed by atoms with E-state index in [-0.39, 0.29) is 18.1 Å². The third-order valence-electron chi connectivity index (χ3n) is 7.27. The molecule has 182 valence electrons. The van der Waals surface area contributed by atoms with Gasteiger partial charge in [0.05, 0.1) is 39.6 Å². The van der Waals surface area contributed by atoms with E-state index in [0.29, 0.717) is 39.6 Å². The SMILES string of the molecule is c1ccc(COC[C@H]2O[C@H]3OC[C@H]4CON(Cc5ccccc5)[C@@]43[C@H]2OCc2ccccc2)cc1. The molecule has 3 fully saturated rings. The molecule has 0 aliphatic carbocycles. The highest BCUT2D eigenvalue weighted by molar-refractivity contribution is 5.20. The van der Waals surface area contributed by atoms with Crippen LogP contribution in [-0.4, -0.2) is 48.9 Å². The molecule has 5 atom stereocenters. The Morgan fingerprint density at radius 1 is 0.771 bits per heavy atom. The van der Waals surface area contributed by atoms with Crippen LogP contribution in [0.15, 0.2) is 91.0 Å². The van der Waals surface area contributed by atoms with Gasteiger partial charge in [-0.3, -0.25) is 4.84 Å². The number of hydrogen-bond donors (Lipinski definition) is 0. The first-order chi connectivity index (χ1) is 17.3. The first kappa shape index (κ1) is 22.9. The maximum Gasteiger partial charge on any atom is 0.181 e. The average Bonchev–Trinajstić information content (AvgIpc) is 3.53. The molecule has 3 saturated heterocycles. The topological polar surface area (TPSA) is 49.4 Å². The average molecular weight is 474 g/mol. The van der Waals surface area contributed by atoms with Gasteiger partial charge in [0.2, 0.25) is 0 Å². The first-order valence-electron chi connectivity index (χ1n) is 12.3. The molecular formula is C29H31NO5. The van der Waals surface area contributed by atoms with E-state index in [1.165, 1.54) is 5.56 Å². The van der Waals surface area contributed by atoms with Crippen LogP contribution in [0.4, 0.5) is 0 Å².